The van der Waals surface area contributed by atoms with Gasteiger partial charge in [0.05, 0.1) is 0 Å². The van der Waals surface area contributed by atoms with Crippen LogP contribution in [0.15, 0.2) is 279 Å². The number of anilines is 6. The van der Waals surface area contributed by atoms with Gasteiger partial charge in [-0.15, -0.1) is 0 Å². The van der Waals surface area contributed by atoms with Gasteiger partial charge in [0.25, 0.3) is 0 Å². The third-order valence-corrected chi connectivity index (χ3v) is 19.0. The Kier molecular flexibility index (Phi) is 9.04. The predicted molar refractivity (Wildman–Crippen MR) is 351 cm³/mol. The Morgan fingerprint density at radius 1 is 0.183 bits per heavy atom. The van der Waals surface area contributed by atoms with E-state index in [0.717, 1.165) is 0 Å². The van der Waals surface area contributed by atoms with Gasteiger partial charge < -0.3 is 14.4 Å². The second kappa shape index (κ2) is 16.6. The van der Waals surface area contributed by atoms with Crippen LogP contribution in [0.3, 0.4) is 0 Å². The molecular formula is C76H46B3N3. The van der Waals surface area contributed by atoms with Gasteiger partial charge in [0.1, 0.15) is 0 Å². The van der Waals surface area contributed by atoms with E-state index in [9.17, 15) is 0 Å². The van der Waals surface area contributed by atoms with E-state index in [0.29, 0.717) is 0 Å². The van der Waals surface area contributed by atoms with Crippen LogP contribution in [0.5, 0.6) is 0 Å². The zero-order valence-electron chi connectivity index (χ0n) is 44.6. The molecule has 0 fully saturated rings. The summed E-state index contributed by atoms with van der Waals surface area (Å²) in [7, 11) is 0. The van der Waals surface area contributed by atoms with Gasteiger partial charge in [-0.1, -0.05) is 237 Å². The van der Waals surface area contributed by atoms with Crippen LogP contribution in [0.25, 0.3) is 98.7 Å². The highest BCUT2D eigenvalue weighted by Gasteiger charge is 2.50. The minimum Gasteiger partial charge on any atom is -0.376 e. The Hall–Kier alpha value is -10.3. The molecule has 0 radical (unpaired) electrons. The third-order valence-electron chi connectivity index (χ3n) is 19.0. The summed E-state index contributed by atoms with van der Waals surface area (Å²) in [6.07, 6.45) is 0. The lowest BCUT2D eigenvalue weighted by Gasteiger charge is -2.49. The summed E-state index contributed by atoms with van der Waals surface area (Å²) < 4.78 is 0. The number of hydrogen-bond donors (Lipinski definition) is 0. The van der Waals surface area contributed by atoms with Crippen molar-refractivity contribution in [1.82, 2.24) is 0 Å². The van der Waals surface area contributed by atoms with Crippen molar-refractivity contribution in [3.05, 3.63) is 279 Å². The van der Waals surface area contributed by atoms with Gasteiger partial charge in [0.2, 0.25) is 0 Å². The SMILES string of the molecule is c1ccc2c(c1)B1c3cccc4c3-c3c(cccc3N1c1ccccc1-2)B1c2ccccc2-c2ccccc2N14.c1ccc2cc3c(cc2c1)-c1c(ccc2ccccc12)B1c2ccc4ccccc4c2-c2c(ccc4ccccc24)N13. The lowest BCUT2D eigenvalue weighted by molar-refractivity contribution is 1.31. The summed E-state index contributed by atoms with van der Waals surface area (Å²) >= 11 is 0. The molecule has 0 aliphatic carbocycles. The van der Waals surface area contributed by atoms with E-state index in [-0.39, 0.29) is 20.5 Å². The van der Waals surface area contributed by atoms with Gasteiger partial charge in [-0.2, -0.15) is 0 Å². The molecule has 0 atom stereocenters. The smallest absolute Gasteiger partial charge is 0.329 e. The van der Waals surface area contributed by atoms with Gasteiger partial charge in [-0.3, -0.25) is 0 Å². The highest BCUT2D eigenvalue weighted by molar-refractivity contribution is 6.96. The lowest BCUT2D eigenvalue weighted by Crippen LogP contribution is -2.65. The van der Waals surface area contributed by atoms with Crippen LogP contribution in [-0.2, 0) is 0 Å². The van der Waals surface area contributed by atoms with Crippen molar-refractivity contribution in [2.24, 2.45) is 0 Å². The van der Waals surface area contributed by atoms with E-state index in [1.807, 2.05) is 0 Å². The van der Waals surface area contributed by atoms with E-state index in [2.05, 4.69) is 293 Å². The van der Waals surface area contributed by atoms with Gasteiger partial charge >= 0.3 is 20.5 Å². The van der Waals surface area contributed by atoms with E-state index in [1.165, 1.54) is 166 Å². The summed E-state index contributed by atoms with van der Waals surface area (Å²) in [5.74, 6) is 0. The molecule has 0 bridgehead atoms. The second-order valence-electron chi connectivity index (χ2n) is 22.9. The molecule has 6 aliphatic rings. The molecule has 6 heterocycles. The summed E-state index contributed by atoms with van der Waals surface area (Å²) in [4.78, 5) is 7.86. The molecule has 374 valence electrons. The number of nitrogens with zero attached hydrogens (tertiary/aromatic N) is 3. The zero-order valence-corrected chi connectivity index (χ0v) is 44.6. The maximum absolute atomic E-state index is 2.64. The van der Waals surface area contributed by atoms with Gasteiger partial charge in [-0.05, 0) is 141 Å². The molecule has 6 aliphatic heterocycles. The standard InChI is InChI=1S/C40H24BN.C36H22B2N2/c1-2-13-29-24-37-33(23-28(29)12-1)38-30-14-6-3-9-25(30)17-20-34(38)41-35-21-18-26-10-4-7-15-31(26)39(35)40-32-16-8-5-11-27(32)19-22-36(40)42(37)41;1-5-15-27-23(11-1)25-13-3-7-19-31(25)39-33-21-10-18-30-36(33)35-29(37(27)39)17-9-22-34(35)40-32-20-8-4-14-26(32)24-12-2-6-16-28(24)38(30)40/h1-24H;1-22H. The molecule has 20 rings (SSSR count). The quantitative estimate of drug-likeness (QED) is 0.140. The van der Waals surface area contributed by atoms with Crippen LogP contribution in [0, 0.1) is 0 Å². The van der Waals surface area contributed by atoms with E-state index >= 15 is 0 Å². The molecule has 0 aromatic heterocycles. The van der Waals surface area contributed by atoms with Crippen LogP contribution in [0.2, 0.25) is 0 Å². The highest BCUT2D eigenvalue weighted by Crippen LogP contribution is 2.54. The first-order valence-electron chi connectivity index (χ1n) is 28.8. The molecule has 0 saturated carbocycles. The summed E-state index contributed by atoms with van der Waals surface area (Å²) in [6.45, 7) is 0.298. The molecule has 0 amide bonds. The Labute approximate surface area is 476 Å². The van der Waals surface area contributed by atoms with Gasteiger partial charge in [0, 0.05) is 67.5 Å². The predicted octanol–water partition coefficient (Wildman–Crippen LogP) is 15.0. The van der Waals surface area contributed by atoms with Crippen molar-refractivity contribution in [3.63, 3.8) is 0 Å². The van der Waals surface area contributed by atoms with Crippen LogP contribution < -0.4 is 47.2 Å². The monoisotopic (exact) mass is 1030 g/mol. The van der Waals surface area contributed by atoms with E-state index < -0.39 is 0 Å². The highest BCUT2D eigenvalue weighted by atomic mass is 15.1. The molecule has 0 N–H and O–H groups in total. The Bertz CT molecular complexity index is 4760. The maximum Gasteiger partial charge on any atom is 0.329 e. The fourth-order valence-electron chi connectivity index (χ4n) is 15.8. The van der Waals surface area contributed by atoms with E-state index in [4.69, 9.17) is 0 Å². The van der Waals surface area contributed by atoms with Crippen LogP contribution in [0.4, 0.5) is 34.1 Å². The first kappa shape index (κ1) is 44.6. The molecule has 6 heteroatoms. The first-order chi connectivity index (χ1) is 40.7. The van der Waals surface area contributed by atoms with Crippen LogP contribution in [0.1, 0.15) is 0 Å². The van der Waals surface area contributed by atoms with Crippen molar-refractivity contribution in [2.45, 2.75) is 0 Å². The van der Waals surface area contributed by atoms with Crippen LogP contribution >= 0.6 is 0 Å². The normalized spacial score (nSPS) is 13.7. The molecule has 0 saturated heterocycles. The Morgan fingerprint density at radius 2 is 0.537 bits per heavy atom. The third kappa shape index (κ3) is 5.87. The average Bonchev–Trinajstić information content (AvgIpc) is 1.88. The Morgan fingerprint density at radius 3 is 1.10 bits per heavy atom. The topological polar surface area (TPSA) is 9.72 Å². The number of hydrogen-bond acceptors (Lipinski definition) is 3. The molecule has 82 heavy (non-hydrogen) atoms. The number of benzene rings is 14. The second-order valence-corrected chi connectivity index (χ2v) is 22.9. The summed E-state index contributed by atoms with van der Waals surface area (Å²) in [5.41, 5.74) is 29.4. The van der Waals surface area contributed by atoms with Gasteiger partial charge in [-0.25, -0.2) is 0 Å². The fourth-order valence-corrected chi connectivity index (χ4v) is 15.8. The molecule has 14 aromatic rings. The van der Waals surface area contributed by atoms with Gasteiger partial charge in [0.15, 0.2) is 0 Å². The van der Waals surface area contributed by atoms with Crippen molar-refractivity contribution in [3.8, 4) is 55.6 Å². The average molecular weight is 1030 g/mol. The molecule has 0 spiro atoms. The first-order valence-corrected chi connectivity index (χ1v) is 28.8. The van der Waals surface area contributed by atoms with Crippen molar-refractivity contribution < 1.29 is 0 Å². The summed E-state index contributed by atoms with van der Waals surface area (Å²) in [5, 5.41) is 10.3. The molecule has 0 unspecified atom stereocenters. The number of fused-ring (bicyclic) bond motifs is 34. The molecule has 3 nitrogen and oxygen atoms in total. The van der Waals surface area contributed by atoms with Crippen molar-refractivity contribution in [1.29, 1.82) is 0 Å². The minimum absolute atomic E-state index is 0.0616. The van der Waals surface area contributed by atoms with E-state index in [1.54, 1.807) is 0 Å². The summed E-state index contributed by atoms with van der Waals surface area (Å²) in [6, 6.07) is 104. The lowest BCUT2D eigenvalue weighted by atomic mass is 9.38. The zero-order chi connectivity index (χ0) is 53.3. The van der Waals surface area contributed by atoms with Crippen molar-refractivity contribution >= 4 is 131 Å². The number of rotatable bonds is 0. The van der Waals surface area contributed by atoms with Crippen LogP contribution in [-0.4, -0.2) is 20.5 Å². The fraction of sp³-hybridized carbons (Fsp3) is 0. The minimum atomic E-state index is 0.0616. The number of para-hydroxylation sites is 2. The molecular weight excluding hydrogens is 987 g/mol. The largest absolute Gasteiger partial charge is 0.376 e. The molecule has 14 aromatic carbocycles. The maximum atomic E-state index is 2.64. The Balaban J connectivity index is 0.000000122. The van der Waals surface area contributed by atoms with Crippen molar-refractivity contribution in [2.75, 3.05) is 14.4 Å².